The standard InChI is InChI=1S/C18H11Cl2NO6S2/c19-9-2-1-3-10(20)15(9)12-5-4-8(27-12)6-13-16(24)21(18(28)29-13)11(17(25)26)7-14(22)23/h1-6,11H,7H2,(H,22,23)(H,25,26)/b13-6+/t11-/m1/s1. The second kappa shape index (κ2) is 8.58. The van der Waals surface area contributed by atoms with E-state index < -0.39 is 30.3 Å². The van der Waals surface area contributed by atoms with E-state index in [2.05, 4.69) is 0 Å². The van der Waals surface area contributed by atoms with Crippen molar-refractivity contribution in [1.82, 2.24) is 4.90 Å². The van der Waals surface area contributed by atoms with E-state index in [0.717, 1.165) is 16.7 Å². The van der Waals surface area contributed by atoms with Crippen LogP contribution in [0.25, 0.3) is 17.4 Å². The van der Waals surface area contributed by atoms with E-state index in [1.165, 1.54) is 6.08 Å². The number of rotatable bonds is 6. The molecule has 1 saturated heterocycles. The van der Waals surface area contributed by atoms with Gasteiger partial charge in [-0.3, -0.25) is 14.5 Å². The fourth-order valence-electron chi connectivity index (χ4n) is 2.63. The maximum atomic E-state index is 12.6. The average molecular weight is 472 g/mol. The van der Waals surface area contributed by atoms with Crippen LogP contribution >= 0.6 is 47.2 Å². The van der Waals surface area contributed by atoms with E-state index in [-0.39, 0.29) is 9.23 Å². The van der Waals surface area contributed by atoms with Crippen molar-refractivity contribution in [2.75, 3.05) is 0 Å². The Balaban J connectivity index is 1.90. The summed E-state index contributed by atoms with van der Waals surface area (Å²) in [5, 5.41) is 19.0. The molecular weight excluding hydrogens is 461 g/mol. The van der Waals surface area contributed by atoms with Gasteiger partial charge in [-0.05, 0) is 24.3 Å². The molecule has 29 heavy (non-hydrogen) atoms. The summed E-state index contributed by atoms with van der Waals surface area (Å²) >= 11 is 18.3. The minimum Gasteiger partial charge on any atom is -0.481 e. The molecule has 2 N–H and O–H groups in total. The molecule has 0 saturated carbocycles. The molecule has 150 valence electrons. The van der Waals surface area contributed by atoms with Crippen molar-refractivity contribution in [1.29, 1.82) is 0 Å². The van der Waals surface area contributed by atoms with Crippen molar-refractivity contribution in [3.05, 3.63) is 51.0 Å². The molecule has 0 aliphatic carbocycles. The number of halogens is 2. The predicted molar refractivity (Wildman–Crippen MR) is 113 cm³/mol. The van der Waals surface area contributed by atoms with Crippen molar-refractivity contribution in [3.63, 3.8) is 0 Å². The second-order valence-corrected chi connectivity index (χ2v) is 8.29. The van der Waals surface area contributed by atoms with Gasteiger partial charge in [0.1, 0.15) is 21.9 Å². The summed E-state index contributed by atoms with van der Waals surface area (Å²) in [6.07, 6.45) is 0.623. The number of thioether (sulfide) groups is 1. The Morgan fingerprint density at radius 2 is 1.86 bits per heavy atom. The Hall–Kier alpha value is -2.33. The number of amides is 1. The van der Waals surface area contributed by atoms with Crippen molar-refractivity contribution >= 4 is 75.4 Å². The van der Waals surface area contributed by atoms with Crippen LogP contribution in [0.1, 0.15) is 12.2 Å². The lowest BCUT2D eigenvalue weighted by atomic mass is 10.2. The highest BCUT2D eigenvalue weighted by Crippen LogP contribution is 2.38. The molecule has 1 aliphatic heterocycles. The first-order valence-corrected chi connectivity index (χ1v) is 9.93. The largest absolute Gasteiger partial charge is 0.481 e. The number of benzene rings is 1. The summed E-state index contributed by atoms with van der Waals surface area (Å²) in [6, 6.07) is 6.63. The Morgan fingerprint density at radius 3 is 2.45 bits per heavy atom. The molecule has 2 heterocycles. The van der Waals surface area contributed by atoms with Gasteiger partial charge in [0.25, 0.3) is 5.91 Å². The van der Waals surface area contributed by atoms with E-state index in [1.54, 1.807) is 30.3 Å². The minimum absolute atomic E-state index is 0.0455. The third-order valence-electron chi connectivity index (χ3n) is 3.90. The molecular formula is C18H11Cl2NO6S2. The van der Waals surface area contributed by atoms with Crippen LogP contribution in [-0.2, 0) is 14.4 Å². The van der Waals surface area contributed by atoms with Gasteiger partial charge < -0.3 is 14.6 Å². The van der Waals surface area contributed by atoms with Gasteiger partial charge in [0.2, 0.25) is 0 Å². The van der Waals surface area contributed by atoms with Crippen LogP contribution in [0.5, 0.6) is 0 Å². The Morgan fingerprint density at radius 1 is 1.21 bits per heavy atom. The summed E-state index contributed by atoms with van der Waals surface area (Å²) in [5.74, 6) is -2.85. The first kappa shape index (κ1) is 21.4. The van der Waals surface area contributed by atoms with Gasteiger partial charge in [-0.1, -0.05) is 53.2 Å². The van der Waals surface area contributed by atoms with Gasteiger partial charge >= 0.3 is 11.9 Å². The maximum absolute atomic E-state index is 12.6. The lowest BCUT2D eigenvalue weighted by molar-refractivity contribution is -0.150. The highest BCUT2D eigenvalue weighted by Gasteiger charge is 2.41. The zero-order valence-electron chi connectivity index (χ0n) is 14.3. The van der Waals surface area contributed by atoms with E-state index in [4.69, 9.17) is 44.9 Å². The van der Waals surface area contributed by atoms with Crippen LogP contribution in [0.3, 0.4) is 0 Å². The van der Waals surface area contributed by atoms with Gasteiger partial charge in [-0.15, -0.1) is 0 Å². The Labute approximate surface area is 183 Å². The Kier molecular flexibility index (Phi) is 6.33. The number of hydrogen-bond acceptors (Lipinski definition) is 6. The topological polar surface area (TPSA) is 108 Å². The second-order valence-electron chi connectivity index (χ2n) is 5.80. The van der Waals surface area contributed by atoms with Crippen molar-refractivity contribution in [2.45, 2.75) is 12.5 Å². The molecule has 1 aromatic carbocycles. The number of hydrogen-bond donors (Lipinski definition) is 2. The molecule has 1 aliphatic rings. The summed E-state index contributed by atoms with van der Waals surface area (Å²) in [6.45, 7) is 0. The summed E-state index contributed by atoms with van der Waals surface area (Å²) in [7, 11) is 0. The van der Waals surface area contributed by atoms with Gasteiger partial charge in [0.15, 0.2) is 0 Å². The van der Waals surface area contributed by atoms with Crippen LogP contribution in [0, 0.1) is 0 Å². The summed E-state index contributed by atoms with van der Waals surface area (Å²) in [4.78, 5) is 35.9. The molecule has 1 fully saturated rings. The number of carbonyl (C=O) groups excluding carboxylic acids is 1. The number of furan rings is 1. The molecule has 0 unspecified atom stereocenters. The van der Waals surface area contributed by atoms with Crippen LogP contribution in [0.4, 0.5) is 0 Å². The molecule has 0 radical (unpaired) electrons. The third-order valence-corrected chi connectivity index (χ3v) is 5.86. The van der Waals surface area contributed by atoms with Gasteiger partial charge in [-0.25, -0.2) is 4.79 Å². The molecule has 7 nitrogen and oxygen atoms in total. The molecule has 1 atom stereocenters. The molecule has 0 bridgehead atoms. The van der Waals surface area contributed by atoms with Gasteiger partial charge in [0.05, 0.1) is 26.9 Å². The van der Waals surface area contributed by atoms with Crippen LogP contribution in [-0.4, -0.2) is 43.3 Å². The smallest absolute Gasteiger partial charge is 0.327 e. The van der Waals surface area contributed by atoms with Crippen LogP contribution in [0.15, 0.2) is 39.7 Å². The third kappa shape index (κ3) is 4.48. The van der Waals surface area contributed by atoms with Crippen LogP contribution < -0.4 is 0 Å². The normalized spacial score (nSPS) is 16.5. The number of nitrogens with zero attached hydrogens (tertiary/aromatic N) is 1. The fourth-order valence-corrected chi connectivity index (χ4v) is 4.55. The number of carboxylic acids is 2. The average Bonchev–Trinajstić information content (AvgIpc) is 3.18. The predicted octanol–water partition coefficient (Wildman–Crippen LogP) is 4.38. The molecule has 2 aromatic rings. The van der Waals surface area contributed by atoms with Gasteiger partial charge in [0, 0.05) is 6.08 Å². The lowest BCUT2D eigenvalue weighted by Gasteiger charge is -2.21. The zero-order valence-corrected chi connectivity index (χ0v) is 17.4. The molecule has 0 spiro atoms. The zero-order chi connectivity index (χ0) is 21.3. The van der Waals surface area contributed by atoms with Crippen molar-refractivity contribution < 1.29 is 29.0 Å². The summed E-state index contributed by atoms with van der Waals surface area (Å²) < 4.78 is 5.66. The van der Waals surface area contributed by atoms with Crippen molar-refractivity contribution in [3.8, 4) is 11.3 Å². The quantitative estimate of drug-likeness (QED) is 0.471. The summed E-state index contributed by atoms with van der Waals surface area (Å²) in [5.41, 5.74) is 0.496. The first-order chi connectivity index (χ1) is 13.7. The number of carboxylic acid groups (broad SMARTS) is 2. The van der Waals surface area contributed by atoms with E-state index >= 15 is 0 Å². The highest BCUT2D eigenvalue weighted by molar-refractivity contribution is 8.26. The van der Waals surface area contributed by atoms with Gasteiger partial charge in [-0.2, -0.15) is 0 Å². The highest BCUT2D eigenvalue weighted by atomic mass is 35.5. The van der Waals surface area contributed by atoms with E-state index in [0.29, 0.717) is 27.1 Å². The molecule has 1 aromatic heterocycles. The molecule has 11 heteroatoms. The van der Waals surface area contributed by atoms with Crippen LogP contribution in [0.2, 0.25) is 10.0 Å². The fraction of sp³-hybridized carbons (Fsp3) is 0.111. The number of aliphatic carboxylic acids is 2. The molecule has 3 rings (SSSR count). The Bertz CT molecular complexity index is 1040. The minimum atomic E-state index is -1.60. The maximum Gasteiger partial charge on any atom is 0.327 e. The van der Waals surface area contributed by atoms with E-state index in [1.807, 2.05) is 0 Å². The lowest BCUT2D eigenvalue weighted by Crippen LogP contribution is -2.45. The molecule has 1 amide bonds. The number of thiocarbonyl (C=S) groups is 1. The van der Waals surface area contributed by atoms with E-state index in [9.17, 15) is 19.5 Å². The first-order valence-electron chi connectivity index (χ1n) is 7.95. The SMILES string of the molecule is O=C(O)C[C@H](C(=O)O)N1C(=O)/C(=C\c2ccc(-c3c(Cl)cccc3Cl)o2)SC1=S. The number of carbonyl (C=O) groups is 3. The monoisotopic (exact) mass is 471 g/mol. The van der Waals surface area contributed by atoms with Crippen molar-refractivity contribution in [2.24, 2.45) is 0 Å².